The standard InChI is InChI=1S/C21H31IN2O2.C21H32N2O2/c1-21(2,3)26-20(25)24-14-10-17(11-15-24)16-8-12-23(13-9-16)19-6-4-18(22)5-7-19;1-21(2,3)25-20(24)23-15-11-18(12-16-23)17-9-13-22(14-10-17)19-7-5-4-6-8-19/h4-7,16-17H,8-15H2,1-3H3;4-8,17-18H,9-16H2,1-3H3. The van der Waals surface area contributed by atoms with Gasteiger partial charge in [-0.3, -0.25) is 0 Å². The number of hydrogen-bond donors (Lipinski definition) is 0. The van der Waals surface area contributed by atoms with E-state index in [2.05, 4.69) is 87.0 Å². The molecule has 2 aromatic carbocycles. The zero-order valence-electron chi connectivity index (χ0n) is 32.1. The molecule has 4 heterocycles. The van der Waals surface area contributed by atoms with Crippen molar-refractivity contribution < 1.29 is 19.1 Å². The minimum absolute atomic E-state index is 0.148. The molecule has 0 saturated carbocycles. The first kappa shape index (κ1) is 39.5. The first-order valence-corrected chi connectivity index (χ1v) is 20.6. The van der Waals surface area contributed by atoms with Gasteiger partial charge < -0.3 is 29.1 Å². The Morgan fingerprint density at radius 2 is 0.824 bits per heavy atom. The van der Waals surface area contributed by atoms with Crippen LogP contribution in [0.15, 0.2) is 54.6 Å². The fraction of sp³-hybridized carbons (Fsp3) is 0.667. The van der Waals surface area contributed by atoms with Crippen molar-refractivity contribution >= 4 is 46.2 Å². The molecule has 2 amide bonds. The molecule has 9 heteroatoms. The van der Waals surface area contributed by atoms with Crippen molar-refractivity contribution in [2.24, 2.45) is 23.7 Å². The van der Waals surface area contributed by atoms with Gasteiger partial charge in [0.05, 0.1) is 0 Å². The van der Waals surface area contributed by atoms with E-state index in [1.165, 1.54) is 40.6 Å². The summed E-state index contributed by atoms with van der Waals surface area (Å²) >= 11 is 2.36. The first-order valence-electron chi connectivity index (χ1n) is 19.5. The third kappa shape index (κ3) is 12.2. The third-order valence-electron chi connectivity index (χ3n) is 11.1. The maximum atomic E-state index is 12.2. The smallest absolute Gasteiger partial charge is 0.410 e. The van der Waals surface area contributed by atoms with Gasteiger partial charge in [-0.25, -0.2) is 9.59 Å². The first-order chi connectivity index (χ1) is 24.2. The second-order valence-corrected chi connectivity index (χ2v) is 18.3. The van der Waals surface area contributed by atoms with Crippen LogP contribution in [0.5, 0.6) is 0 Å². The summed E-state index contributed by atoms with van der Waals surface area (Å²) in [4.78, 5) is 33.2. The number of rotatable bonds is 4. The van der Waals surface area contributed by atoms with Crippen molar-refractivity contribution in [1.29, 1.82) is 0 Å². The third-order valence-corrected chi connectivity index (χ3v) is 11.8. The van der Waals surface area contributed by atoms with Gasteiger partial charge in [0.1, 0.15) is 11.2 Å². The van der Waals surface area contributed by atoms with Crippen LogP contribution in [0.3, 0.4) is 0 Å². The second-order valence-electron chi connectivity index (χ2n) is 17.1. The van der Waals surface area contributed by atoms with E-state index in [4.69, 9.17) is 9.47 Å². The van der Waals surface area contributed by atoms with E-state index in [1.807, 2.05) is 51.3 Å². The highest BCUT2D eigenvalue weighted by Crippen LogP contribution is 2.36. The van der Waals surface area contributed by atoms with Crippen LogP contribution in [0.1, 0.15) is 92.9 Å². The van der Waals surface area contributed by atoms with Crippen LogP contribution in [0, 0.1) is 27.2 Å². The van der Waals surface area contributed by atoms with Crippen molar-refractivity contribution in [3.8, 4) is 0 Å². The summed E-state index contributed by atoms with van der Waals surface area (Å²) in [5.41, 5.74) is 1.89. The second kappa shape index (κ2) is 17.9. The summed E-state index contributed by atoms with van der Waals surface area (Å²) < 4.78 is 12.3. The lowest BCUT2D eigenvalue weighted by Crippen LogP contribution is -2.44. The Bertz CT molecular complexity index is 1360. The van der Waals surface area contributed by atoms with Gasteiger partial charge in [-0.1, -0.05) is 18.2 Å². The van der Waals surface area contributed by atoms with Crippen molar-refractivity contribution in [3.63, 3.8) is 0 Å². The maximum absolute atomic E-state index is 12.2. The highest BCUT2D eigenvalue weighted by molar-refractivity contribution is 14.1. The van der Waals surface area contributed by atoms with Gasteiger partial charge in [-0.15, -0.1) is 0 Å². The van der Waals surface area contributed by atoms with Gasteiger partial charge in [-0.2, -0.15) is 0 Å². The van der Waals surface area contributed by atoms with Crippen LogP contribution in [0.2, 0.25) is 0 Å². The van der Waals surface area contributed by atoms with Crippen molar-refractivity contribution in [3.05, 3.63) is 58.2 Å². The molecule has 0 aromatic heterocycles. The minimum Gasteiger partial charge on any atom is -0.444 e. The zero-order valence-corrected chi connectivity index (χ0v) is 34.3. The number of carbonyl (C=O) groups excluding carboxylic acids is 2. The Kier molecular flexibility index (Phi) is 13.9. The number of halogens is 1. The lowest BCUT2D eigenvalue weighted by Gasteiger charge is -2.41. The number of likely N-dealkylation sites (tertiary alicyclic amines) is 2. The van der Waals surface area contributed by atoms with Crippen LogP contribution in [0.4, 0.5) is 21.0 Å². The molecule has 4 fully saturated rings. The Labute approximate surface area is 321 Å². The van der Waals surface area contributed by atoms with Gasteiger partial charge >= 0.3 is 12.2 Å². The SMILES string of the molecule is CC(C)(C)OC(=O)N1CCC(C2CCN(c3ccc(I)cc3)CC2)CC1.CC(C)(C)OC(=O)N1CCC(C2CCN(c3ccccc3)CC2)CC1. The number of para-hydroxylation sites is 1. The van der Waals surface area contributed by atoms with E-state index in [0.29, 0.717) is 0 Å². The summed E-state index contributed by atoms with van der Waals surface area (Å²) in [6, 6.07) is 19.6. The van der Waals surface area contributed by atoms with E-state index in [0.717, 1.165) is 102 Å². The van der Waals surface area contributed by atoms with Crippen molar-refractivity contribution in [2.45, 2.75) is 104 Å². The molecule has 0 unspecified atom stereocenters. The molecule has 0 bridgehead atoms. The minimum atomic E-state index is -0.406. The van der Waals surface area contributed by atoms with E-state index < -0.39 is 11.2 Å². The molecule has 282 valence electrons. The molecule has 4 aliphatic rings. The molecule has 0 atom stereocenters. The highest BCUT2D eigenvalue weighted by Gasteiger charge is 2.34. The van der Waals surface area contributed by atoms with Crippen LogP contribution in [0.25, 0.3) is 0 Å². The molecular weight excluding hydrogens is 751 g/mol. The van der Waals surface area contributed by atoms with Crippen LogP contribution in [-0.4, -0.2) is 85.5 Å². The van der Waals surface area contributed by atoms with E-state index >= 15 is 0 Å². The molecule has 6 rings (SSSR count). The van der Waals surface area contributed by atoms with Crippen LogP contribution < -0.4 is 9.80 Å². The lowest BCUT2D eigenvalue weighted by atomic mass is 9.79. The average Bonchev–Trinajstić information content (AvgIpc) is 3.11. The molecule has 8 nitrogen and oxygen atoms in total. The summed E-state index contributed by atoms with van der Waals surface area (Å²) in [6.45, 7) is 19.6. The molecule has 4 saturated heterocycles. The Morgan fingerprint density at radius 3 is 1.16 bits per heavy atom. The van der Waals surface area contributed by atoms with Gasteiger partial charge in [0.15, 0.2) is 0 Å². The maximum Gasteiger partial charge on any atom is 0.410 e. The number of nitrogens with zero attached hydrogens (tertiary/aromatic N) is 4. The fourth-order valence-electron chi connectivity index (χ4n) is 8.31. The number of ether oxygens (including phenoxy) is 2. The Balaban J connectivity index is 0.000000198. The number of anilines is 2. The van der Waals surface area contributed by atoms with Gasteiger partial charge in [0, 0.05) is 67.3 Å². The van der Waals surface area contributed by atoms with Crippen LogP contribution >= 0.6 is 22.6 Å². The summed E-state index contributed by atoms with van der Waals surface area (Å²) in [7, 11) is 0. The number of hydrogen-bond acceptors (Lipinski definition) is 6. The van der Waals surface area contributed by atoms with Gasteiger partial charge in [0.25, 0.3) is 0 Å². The molecule has 4 aliphatic heterocycles. The summed E-state index contributed by atoms with van der Waals surface area (Å²) in [5.74, 6) is 3.13. The normalized spacial score (nSPS) is 20.5. The molecular formula is C42H63IN4O4. The Morgan fingerprint density at radius 1 is 0.510 bits per heavy atom. The molecule has 2 aromatic rings. The number of benzene rings is 2. The number of carbonyl (C=O) groups is 2. The molecule has 0 radical (unpaired) electrons. The highest BCUT2D eigenvalue weighted by atomic mass is 127. The van der Waals surface area contributed by atoms with Crippen molar-refractivity contribution in [2.75, 3.05) is 62.2 Å². The monoisotopic (exact) mass is 814 g/mol. The molecule has 51 heavy (non-hydrogen) atoms. The molecule has 0 aliphatic carbocycles. The van der Waals surface area contributed by atoms with E-state index in [9.17, 15) is 9.59 Å². The average molecular weight is 815 g/mol. The summed E-state index contributed by atoms with van der Waals surface area (Å²) in [5, 5.41) is 0. The van der Waals surface area contributed by atoms with Crippen molar-refractivity contribution in [1.82, 2.24) is 9.80 Å². The van der Waals surface area contributed by atoms with Crippen LogP contribution in [-0.2, 0) is 9.47 Å². The van der Waals surface area contributed by atoms with E-state index in [1.54, 1.807) is 0 Å². The lowest BCUT2D eigenvalue weighted by molar-refractivity contribution is 0.0142. The van der Waals surface area contributed by atoms with Gasteiger partial charge in [0.2, 0.25) is 0 Å². The summed E-state index contributed by atoms with van der Waals surface area (Å²) in [6.07, 6.45) is 9.25. The largest absolute Gasteiger partial charge is 0.444 e. The number of piperidine rings is 4. The predicted octanol–water partition coefficient (Wildman–Crippen LogP) is 9.70. The number of amides is 2. The molecule has 0 spiro atoms. The fourth-order valence-corrected chi connectivity index (χ4v) is 8.67. The Hall–Kier alpha value is -2.69. The predicted molar refractivity (Wildman–Crippen MR) is 217 cm³/mol. The quantitative estimate of drug-likeness (QED) is 0.287. The zero-order chi connectivity index (χ0) is 36.6. The topological polar surface area (TPSA) is 65.6 Å². The van der Waals surface area contributed by atoms with E-state index in [-0.39, 0.29) is 12.2 Å². The van der Waals surface area contributed by atoms with Gasteiger partial charge in [-0.05, 0) is 176 Å². The molecule has 0 N–H and O–H groups in total.